The van der Waals surface area contributed by atoms with E-state index in [1.165, 1.54) is 20.5 Å². The minimum absolute atomic E-state index is 0.125. The van der Waals surface area contributed by atoms with Crippen molar-refractivity contribution in [1.82, 2.24) is 10.2 Å². The van der Waals surface area contributed by atoms with E-state index in [-0.39, 0.29) is 11.8 Å². The quantitative estimate of drug-likeness (QED) is 0.845. The zero-order valence-electron chi connectivity index (χ0n) is 15.5. The SMILES string of the molecule is Cc1sc2ccccc2c1CN1CCC[C@](O)(CNC(=O)C2CC2)CC1. The molecule has 2 fully saturated rings. The van der Waals surface area contributed by atoms with E-state index in [1.807, 2.05) is 11.3 Å². The summed E-state index contributed by atoms with van der Waals surface area (Å²) in [6, 6.07) is 8.63. The number of benzene rings is 1. The molecule has 2 aromatic rings. The molecule has 1 saturated heterocycles. The molecule has 1 aliphatic heterocycles. The lowest BCUT2D eigenvalue weighted by Crippen LogP contribution is -2.44. The van der Waals surface area contributed by atoms with Gasteiger partial charge in [-0.25, -0.2) is 0 Å². The number of carbonyl (C=O) groups excluding carboxylic acids is 1. The Labute approximate surface area is 159 Å². The molecule has 4 rings (SSSR count). The van der Waals surface area contributed by atoms with Crippen LogP contribution in [0.3, 0.4) is 0 Å². The lowest BCUT2D eigenvalue weighted by Gasteiger charge is -2.27. The van der Waals surface area contributed by atoms with Crippen molar-refractivity contribution >= 4 is 27.3 Å². The Kier molecular flexibility index (Phi) is 5.04. The second-order valence-corrected chi connectivity index (χ2v) is 9.24. The molecule has 1 amide bonds. The summed E-state index contributed by atoms with van der Waals surface area (Å²) in [5.41, 5.74) is 0.670. The summed E-state index contributed by atoms with van der Waals surface area (Å²) < 4.78 is 1.36. The first kappa shape index (κ1) is 18.0. The van der Waals surface area contributed by atoms with E-state index in [2.05, 4.69) is 41.4 Å². The normalized spacial score (nSPS) is 24.5. The van der Waals surface area contributed by atoms with Crippen LogP contribution in [0.1, 0.15) is 42.5 Å². The number of aryl methyl sites for hydroxylation is 1. The highest BCUT2D eigenvalue weighted by Gasteiger charge is 2.34. The summed E-state index contributed by atoms with van der Waals surface area (Å²) in [7, 11) is 0. The first-order valence-electron chi connectivity index (χ1n) is 9.73. The average molecular weight is 373 g/mol. The van der Waals surface area contributed by atoms with E-state index in [0.717, 1.165) is 51.7 Å². The zero-order chi connectivity index (χ0) is 18.1. The molecule has 1 aromatic carbocycles. The molecular formula is C21H28N2O2S. The number of aliphatic hydroxyl groups is 1. The molecule has 4 nitrogen and oxygen atoms in total. The van der Waals surface area contributed by atoms with Crippen LogP contribution in [0.5, 0.6) is 0 Å². The minimum Gasteiger partial charge on any atom is -0.388 e. The van der Waals surface area contributed by atoms with Crippen molar-refractivity contribution < 1.29 is 9.90 Å². The zero-order valence-corrected chi connectivity index (χ0v) is 16.3. The van der Waals surface area contributed by atoms with Crippen LogP contribution in [-0.4, -0.2) is 41.1 Å². The van der Waals surface area contributed by atoms with Gasteiger partial charge in [-0.05, 0) is 62.6 Å². The molecule has 1 aromatic heterocycles. The van der Waals surface area contributed by atoms with Crippen molar-refractivity contribution in [3.63, 3.8) is 0 Å². The van der Waals surface area contributed by atoms with Gasteiger partial charge in [0.25, 0.3) is 0 Å². The average Bonchev–Trinajstić information content (AvgIpc) is 3.44. The fourth-order valence-corrected chi connectivity index (χ4v) is 5.03. The van der Waals surface area contributed by atoms with Crippen LogP contribution in [0.25, 0.3) is 10.1 Å². The van der Waals surface area contributed by atoms with Gasteiger partial charge in [0, 0.05) is 35.1 Å². The molecule has 26 heavy (non-hydrogen) atoms. The van der Waals surface area contributed by atoms with Crippen molar-refractivity contribution in [1.29, 1.82) is 0 Å². The molecule has 1 aliphatic carbocycles. The summed E-state index contributed by atoms with van der Waals surface area (Å²) in [6.45, 7) is 5.43. The van der Waals surface area contributed by atoms with Crippen LogP contribution in [0.2, 0.25) is 0 Å². The third-order valence-electron chi connectivity index (χ3n) is 5.83. The number of likely N-dealkylation sites (tertiary alicyclic amines) is 1. The largest absolute Gasteiger partial charge is 0.388 e. The molecule has 2 aliphatic rings. The van der Waals surface area contributed by atoms with E-state index < -0.39 is 5.60 Å². The minimum atomic E-state index is -0.759. The third kappa shape index (κ3) is 3.95. The summed E-state index contributed by atoms with van der Waals surface area (Å²) in [6.07, 6.45) is 4.46. The van der Waals surface area contributed by atoms with Crippen molar-refractivity contribution in [2.45, 2.75) is 51.2 Å². The highest BCUT2D eigenvalue weighted by atomic mass is 32.1. The number of thiophene rings is 1. The smallest absolute Gasteiger partial charge is 0.223 e. The maximum absolute atomic E-state index is 11.9. The molecule has 5 heteroatoms. The van der Waals surface area contributed by atoms with Gasteiger partial charge < -0.3 is 10.4 Å². The highest BCUT2D eigenvalue weighted by Crippen LogP contribution is 2.33. The number of hydrogen-bond donors (Lipinski definition) is 2. The van der Waals surface area contributed by atoms with Gasteiger partial charge in [0.15, 0.2) is 0 Å². The summed E-state index contributed by atoms with van der Waals surface area (Å²) in [4.78, 5) is 15.7. The molecule has 2 N–H and O–H groups in total. The molecule has 0 bridgehead atoms. The van der Waals surface area contributed by atoms with Crippen LogP contribution < -0.4 is 5.32 Å². The van der Waals surface area contributed by atoms with E-state index >= 15 is 0 Å². The number of amides is 1. The van der Waals surface area contributed by atoms with Gasteiger partial charge in [0.1, 0.15) is 0 Å². The van der Waals surface area contributed by atoms with E-state index in [1.54, 1.807) is 0 Å². The van der Waals surface area contributed by atoms with E-state index in [9.17, 15) is 9.90 Å². The highest BCUT2D eigenvalue weighted by molar-refractivity contribution is 7.19. The third-order valence-corrected chi connectivity index (χ3v) is 6.96. The molecule has 1 atom stereocenters. The van der Waals surface area contributed by atoms with Gasteiger partial charge in [0.2, 0.25) is 5.91 Å². The first-order valence-corrected chi connectivity index (χ1v) is 10.6. The fourth-order valence-electron chi connectivity index (χ4n) is 3.95. The van der Waals surface area contributed by atoms with Crippen molar-refractivity contribution in [3.05, 3.63) is 34.7 Å². The number of rotatable bonds is 5. The molecule has 0 radical (unpaired) electrons. The Morgan fingerprint density at radius 1 is 1.31 bits per heavy atom. The van der Waals surface area contributed by atoms with Crippen LogP contribution >= 0.6 is 11.3 Å². The van der Waals surface area contributed by atoms with Crippen molar-refractivity contribution in [3.8, 4) is 0 Å². The van der Waals surface area contributed by atoms with Gasteiger partial charge in [-0.15, -0.1) is 11.3 Å². The Morgan fingerprint density at radius 2 is 2.12 bits per heavy atom. The van der Waals surface area contributed by atoms with Crippen LogP contribution in [0, 0.1) is 12.8 Å². The number of hydrogen-bond acceptors (Lipinski definition) is 4. The number of nitrogens with one attached hydrogen (secondary N) is 1. The van der Waals surface area contributed by atoms with Gasteiger partial charge in [-0.1, -0.05) is 18.2 Å². The summed E-state index contributed by atoms with van der Waals surface area (Å²) >= 11 is 1.87. The van der Waals surface area contributed by atoms with E-state index in [0.29, 0.717) is 6.54 Å². The Bertz CT molecular complexity index is 798. The lowest BCUT2D eigenvalue weighted by molar-refractivity contribution is -0.123. The molecule has 2 heterocycles. The predicted molar refractivity (Wildman–Crippen MR) is 106 cm³/mol. The number of nitrogens with zero attached hydrogens (tertiary/aromatic N) is 1. The fraction of sp³-hybridized carbons (Fsp3) is 0.571. The first-order chi connectivity index (χ1) is 12.5. The van der Waals surface area contributed by atoms with Gasteiger partial charge in [-0.2, -0.15) is 0 Å². The van der Waals surface area contributed by atoms with Crippen molar-refractivity contribution in [2.24, 2.45) is 5.92 Å². The molecule has 0 unspecified atom stereocenters. The van der Waals surface area contributed by atoms with Gasteiger partial charge >= 0.3 is 0 Å². The Balaban J connectivity index is 1.38. The van der Waals surface area contributed by atoms with Crippen LogP contribution in [-0.2, 0) is 11.3 Å². The lowest BCUT2D eigenvalue weighted by atomic mass is 9.95. The molecule has 140 valence electrons. The monoisotopic (exact) mass is 372 g/mol. The predicted octanol–water partition coefficient (Wildman–Crippen LogP) is 3.45. The van der Waals surface area contributed by atoms with Crippen LogP contribution in [0.15, 0.2) is 24.3 Å². The molecular weight excluding hydrogens is 344 g/mol. The second kappa shape index (κ2) is 7.29. The number of fused-ring (bicyclic) bond motifs is 1. The van der Waals surface area contributed by atoms with Crippen molar-refractivity contribution in [2.75, 3.05) is 19.6 Å². The van der Waals surface area contributed by atoms with Crippen LogP contribution in [0.4, 0.5) is 0 Å². The Morgan fingerprint density at radius 3 is 2.92 bits per heavy atom. The summed E-state index contributed by atoms with van der Waals surface area (Å²) in [5, 5.41) is 15.3. The topological polar surface area (TPSA) is 52.6 Å². The standard InChI is InChI=1S/C21H28N2O2S/c1-15-18(17-5-2-3-6-19(17)26-15)13-23-11-4-9-21(25,10-12-23)14-22-20(24)16-7-8-16/h2-3,5-6,16,25H,4,7-14H2,1H3,(H,22,24)/t21-/m1/s1. The second-order valence-electron chi connectivity index (χ2n) is 7.98. The Hall–Kier alpha value is -1.43. The summed E-state index contributed by atoms with van der Waals surface area (Å²) in [5.74, 6) is 0.329. The maximum Gasteiger partial charge on any atom is 0.223 e. The molecule has 1 saturated carbocycles. The van der Waals surface area contributed by atoms with Gasteiger partial charge in [-0.3, -0.25) is 9.69 Å². The van der Waals surface area contributed by atoms with Gasteiger partial charge in [0.05, 0.1) is 5.60 Å². The molecule has 0 spiro atoms. The maximum atomic E-state index is 11.9. The van der Waals surface area contributed by atoms with E-state index in [4.69, 9.17) is 0 Å². The number of carbonyl (C=O) groups is 1.